The van der Waals surface area contributed by atoms with Crippen LogP contribution in [-0.2, 0) is 11.3 Å². The molecule has 0 unspecified atom stereocenters. The number of anilines is 1. The summed E-state index contributed by atoms with van der Waals surface area (Å²) in [5.41, 5.74) is 1.49. The quantitative estimate of drug-likeness (QED) is 0.795. The van der Waals surface area contributed by atoms with E-state index in [0.717, 1.165) is 10.2 Å². The monoisotopic (exact) mass is 371 g/mol. The molecule has 2 aromatic carbocycles. The number of rotatable bonds is 4. The van der Waals surface area contributed by atoms with Gasteiger partial charge in [0.1, 0.15) is 5.82 Å². The van der Waals surface area contributed by atoms with E-state index in [1.807, 2.05) is 12.1 Å². The van der Waals surface area contributed by atoms with Gasteiger partial charge in [-0.15, -0.1) is 0 Å². The summed E-state index contributed by atoms with van der Waals surface area (Å²) in [5, 5.41) is 3.77. The molecule has 0 amide bonds. The fourth-order valence-electron chi connectivity index (χ4n) is 1.75. The Morgan fingerprint density at radius 3 is 2.71 bits per heavy atom. The number of halogens is 3. The third-order valence-electron chi connectivity index (χ3n) is 2.86. The van der Waals surface area contributed by atoms with Gasteiger partial charge in [0.25, 0.3) is 0 Å². The van der Waals surface area contributed by atoms with Gasteiger partial charge in [0, 0.05) is 16.7 Å². The molecule has 0 saturated carbocycles. The first kappa shape index (κ1) is 15.8. The van der Waals surface area contributed by atoms with Crippen LogP contribution in [0.25, 0.3) is 0 Å². The Bertz CT molecular complexity index is 679. The zero-order chi connectivity index (χ0) is 15.4. The lowest BCUT2D eigenvalue weighted by molar-refractivity contribution is 0.0595. The van der Waals surface area contributed by atoms with Crippen molar-refractivity contribution in [2.75, 3.05) is 12.4 Å². The molecule has 0 aliphatic rings. The van der Waals surface area contributed by atoms with Crippen molar-refractivity contribution < 1.29 is 13.9 Å². The van der Waals surface area contributed by atoms with E-state index in [-0.39, 0.29) is 5.56 Å². The molecular formula is C15H12BrClFNO2. The minimum absolute atomic E-state index is 0.0736. The number of hydrogen-bond donors (Lipinski definition) is 1. The Labute approximate surface area is 135 Å². The summed E-state index contributed by atoms with van der Waals surface area (Å²) in [6.07, 6.45) is 0. The second-order valence-corrected chi connectivity index (χ2v) is 5.55. The average Bonchev–Trinajstić information content (AvgIpc) is 2.48. The predicted octanol–water partition coefficient (Wildman–Crippen LogP) is 4.64. The first-order valence-electron chi connectivity index (χ1n) is 6.07. The van der Waals surface area contributed by atoms with E-state index in [4.69, 9.17) is 11.6 Å². The zero-order valence-corrected chi connectivity index (χ0v) is 13.5. The normalized spacial score (nSPS) is 10.3. The lowest BCUT2D eigenvalue weighted by atomic mass is 10.1. The van der Waals surface area contributed by atoms with E-state index in [2.05, 4.69) is 26.0 Å². The molecule has 1 N–H and O–H groups in total. The number of ether oxygens (including phenoxy) is 1. The molecule has 110 valence electrons. The summed E-state index contributed by atoms with van der Waals surface area (Å²) in [7, 11) is 1.22. The predicted molar refractivity (Wildman–Crippen MR) is 84.2 cm³/mol. The molecule has 0 spiro atoms. The first-order valence-corrected chi connectivity index (χ1v) is 7.24. The number of methoxy groups -OCH3 is 1. The molecule has 0 aliphatic carbocycles. The number of benzene rings is 2. The second kappa shape index (κ2) is 6.91. The SMILES string of the molecule is COC(=O)c1ccc(CNc2ccc(Cl)c(Br)c2)cc1F. The van der Waals surface area contributed by atoms with Gasteiger partial charge in [-0.25, -0.2) is 9.18 Å². The number of carbonyl (C=O) groups excluding carboxylic acids is 1. The van der Waals surface area contributed by atoms with Gasteiger partial charge in [0.15, 0.2) is 0 Å². The topological polar surface area (TPSA) is 38.3 Å². The van der Waals surface area contributed by atoms with Gasteiger partial charge in [-0.2, -0.15) is 0 Å². The highest BCUT2D eigenvalue weighted by Crippen LogP contribution is 2.25. The van der Waals surface area contributed by atoms with E-state index in [0.29, 0.717) is 17.1 Å². The van der Waals surface area contributed by atoms with Gasteiger partial charge in [0.2, 0.25) is 0 Å². The highest BCUT2D eigenvalue weighted by Gasteiger charge is 2.12. The van der Waals surface area contributed by atoms with E-state index in [9.17, 15) is 9.18 Å². The zero-order valence-electron chi connectivity index (χ0n) is 11.1. The number of nitrogens with one attached hydrogen (secondary N) is 1. The fraction of sp³-hybridized carbons (Fsp3) is 0.133. The van der Waals surface area contributed by atoms with Crippen molar-refractivity contribution in [1.82, 2.24) is 0 Å². The molecule has 21 heavy (non-hydrogen) atoms. The van der Waals surface area contributed by atoms with Crippen molar-refractivity contribution in [3.8, 4) is 0 Å². The first-order chi connectivity index (χ1) is 10.0. The maximum Gasteiger partial charge on any atom is 0.340 e. The maximum absolute atomic E-state index is 13.8. The third-order valence-corrected chi connectivity index (χ3v) is 4.07. The van der Waals surface area contributed by atoms with Gasteiger partial charge in [-0.05, 0) is 51.8 Å². The van der Waals surface area contributed by atoms with Crippen molar-refractivity contribution in [2.45, 2.75) is 6.54 Å². The van der Waals surface area contributed by atoms with Crippen LogP contribution < -0.4 is 5.32 Å². The second-order valence-electron chi connectivity index (χ2n) is 4.29. The minimum atomic E-state index is -0.686. The molecule has 0 heterocycles. The molecule has 0 bridgehead atoms. The standard InChI is InChI=1S/C15H12BrClFNO2/c1-21-15(20)11-4-2-9(6-14(11)18)8-19-10-3-5-13(17)12(16)7-10/h2-7,19H,8H2,1H3. The summed E-state index contributed by atoms with van der Waals surface area (Å²) in [4.78, 5) is 11.3. The maximum atomic E-state index is 13.8. The Morgan fingerprint density at radius 2 is 2.10 bits per heavy atom. The van der Waals surface area contributed by atoms with E-state index >= 15 is 0 Å². The number of hydrogen-bond acceptors (Lipinski definition) is 3. The van der Waals surface area contributed by atoms with Crippen LogP contribution in [-0.4, -0.2) is 13.1 Å². The molecule has 0 radical (unpaired) electrons. The van der Waals surface area contributed by atoms with E-state index < -0.39 is 11.8 Å². The molecule has 6 heteroatoms. The molecule has 0 saturated heterocycles. The Kier molecular flexibility index (Phi) is 5.20. The Morgan fingerprint density at radius 1 is 1.33 bits per heavy atom. The lowest BCUT2D eigenvalue weighted by Gasteiger charge is -2.09. The van der Waals surface area contributed by atoms with Crippen molar-refractivity contribution in [3.63, 3.8) is 0 Å². The van der Waals surface area contributed by atoms with E-state index in [1.165, 1.54) is 19.2 Å². The average molecular weight is 373 g/mol. The van der Waals surface area contributed by atoms with Gasteiger partial charge in [0.05, 0.1) is 17.7 Å². The van der Waals surface area contributed by atoms with Crippen LogP contribution in [0, 0.1) is 5.82 Å². The Hall–Kier alpha value is -1.59. The molecule has 0 aromatic heterocycles. The van der Waals surface area contributed by atoms with Gasteiger partial charge < -0.3 is 10.1 Å². The summed E-state index contributed by atoms with van der Waals surface area (Å²) < 4.78 is 19.1. The lowest BCUT2D eigenvalue weighted by Crippen LogP contribution is -2.06. The summed E-state index contributed by atoms with van der Waals surface area (Å²) in [5.74, 6) is -1.29. The summed E-state index contributed by atoms with van der Waals surface area (Å²) in [6.45, 7) is 0.423. The van der Waals surface area contributed by atoms with Crippen LogP contribution in [0.3, 0.4) is 0 Å². The van der Waals surface area contributed by atoms with Crippen LogP contribution in [0.15, 0.2) is 40.9 Å². The van der Waals surface area contributed by atoms with Crippen LogP contribution in [0.4, 0.5) is 10.1 Å². The molecule has 2 aromatic rings. The fourth-order valence-corrected chi connectivity index (χ4v) is 2.25. The molecule has 0 atom stereocenters. The summed E-state index contributed by atoms with van der Waals surface area (Å²) >= 11 is 9.25. The van der Waals surface area contributed by atoms with Crippen LogP contribution in [0.2, 0.25) is 5.02 Å². The van der Waals surface area contributed by atoms with Crippen molar-refractivity contribution in [2.24, 2.45) is 0 Å². The molecule has 2 rings (SSSR count). The van der Waals surface area contributed by atoms with Gasteiger partial charge in [-0.3, -0.25) is 0 Å². The molecule has 3 nitrogen and oxygen atoms in total. The number of esters is 1. The largest absolute Gasteiger partial charge is 0.465 e. The smallest absolute Gasteiger partial charge is 0.340 e. The molecule has 0 fully saturated rings. The molecule has 0 aliphatic heterocycles. The Balaban J connectivity index is 2.08. The van der Waals surface area contributed by atoms with Crippen LogP contribution in [0.5, 0.6) is 0 Å². The van der Waals surface area contributed by atoms with E-state index in [1.54, 1.807) is 12.1 Å². The number of carbonyl (C=O) groups is 1. The third kappa shape index (κ3) is 3.95. The van der Waals surface area contributed by atoms with Crippen LogP contribution >= 0.6 is 27.5 Å². The minimum Gasteiger partial charge on any atom is -0.465 e. The highest BCUT2D eigenvalue weighted by atomic mass is 79.9. The molecular weight excluding hydrogens is 361 g/mol. The van der Waals surface area contributed by atoms with Gasteiger partial charge in [-0.1, -0.05) is 17.7 Å². The highest BCUT2D eigenvalue weighted by molar-refractivity contribution is 9.10. The summed E-state index contributed by atoms with van der Waals surface area (Å²) in [6, 6.07) is 9.82. The van der Waals surface area contributed by atoms with Gasteiger partial charge >= 0.3 is 5.97 Å². The van der Waals surface area contributed by atoms with Crippen molar-refractivity contribution in [1.29, 1.82) is 0 Å². The van der Waals surface area contributed by atoms with Crippen LogP contribution in [0.1, 0.15) is 15.9 Å². The van der Waals surface area contributed by atoms with Crippen molar-refractivity contribution in [3.05, 3.63) is 62.8 Å². The van der Waals surface area contributed by atoms with Crippen molar-refractivity contribution >= 4 is 39.2 Å².